The summed E-state index contributed by atoms with van der Waals surface area (Å²) >= 11 is 3.32. The van der Waals surface area contributed by atoms with Gasteiger partial charge in [-0.1, -0.05) is 18.2 Å². The maximum absolute atomic E-state index is 5.08. The van der Waals surface area contributed by atoms with Gasteiger partial charge in [-0.25, -0.2) is 9.97 Å². The quantitative estimate of drug-likeness (QED) is 0.636. The molecule has 0 aliphatic heterocycles. The van der Waals surface area contributed by atoms with Crippen LogP contribution in [0.25, 0.3) is 22.2 Å². The normalized spacial score (nSPS) is 10.8. The summed E-state index contributed by atoms with van der Waals surface area (Å²) in [6.07, 6.45) is 3.32. The zero-order valence-electron chi connectivity index (χ0n) is 8.22. The molecule has 0 bridgehead atoms. The van der Waals surface area contributed by atoms with Gasteiger partial charge in [0.2, 0.25) is 0 Å². The van der Waals surface area contributed by atoms with Crippen LogP contribution >= 0.6 is 15.9 Å². The van der Waals surface area contributed by atoms with Gasteiger partial charge in [0.25, 0.3) is 0 Å². The summed E-state index contributed by atoms with van der Waals surface area (Å²) < 4.78 is 5.67. The molecule has 0 radical (unpaired) electrons. The highest BCUT2D eigenvalue weighted by Crippen LogP contribution is 2.27. The van der Waals surface area contributed by atoms with E-state index in [4.69, 9.17) is 4.42 Å². The van der Waals surface area contributed by atoms with Gasteiger partial charge in [0.05, 0.1) is 23.7 Å². The average molecular weight is 275 g/mol. The summed E-state index contributed by atoms with van der Waals surface area (Å²) in [4.78, 5) is 8.71. The minimum atomic E-state index is 0.586. The van der Waals surface area contributed by atoms with E-state index in [0.29, 0.717) is 4.73 Å². The maximum Gasteiger partial charge on any atom is 0.197 e. The van der Waals surface area contributed by atoms with Gasteiger partial charge in [0.1, 0.15) is 0 Å². The van der Waals surface area contributed by atoms with Crippen molar-refractivity contribution in [3.8, 4) is 11.3 Å². The van der Waals surface area contributed by atoms with Crippen molar-refractivity contribution in [3.63, 3.8) is 0 Å². The van der Waals surface area contributed by atoms with Gasteiger partial charge in [-0.15, -0.1) is 0 Å². The third-order valence-corrected chi connectivity index (χ3v) is 2.73. The first-order valence-electron chi connectivity index (χ1n) is 4.79. The lowest BCUT2D eigenvalue weighted by atomic mass is 10.1. The van der Waals surface area contributed by atoms with Crippen molar-refractivity contribution >= 4 is 26.8 Å². The van der Waals surface area contributed by atoms with Crippen LogP contribution in [-0.4, -0.2) is 9.97 Å². The fraction of sp³-hybridized carbons (Fsp3) is 0. The van der Waals surface area contributed by atoms with E-state index < -0.39 is 0 Å². The van der Waals surface area contributed by atoms with Crippen LogP contribution in [0.15, 0.2) is 52.0 Å². The van der Waals surface area contributed by atoms with Crippen LogP contribution in [0, 0.1) is 0 Å². The topological polar surface area (TPSA) is 38.9 Å². The SMILES string of the molecule is Brc1nc(-c2ccoc2)c2ccccc2n1. The largest absolute Gasteiger partial charge is 0.472 e. The van der Waals surface area contributed by atoms with Gasteiger partial charge in [-0.05, 0) is 28.1 Å². The third kappa shape index (κ3) is 1.51. The molecule has 3 aromatic rings. The van der Waals surface area contributed by atoms with Crippen LogP contribution in [0.1, 0.15) is 0 Å². The minimum absolute atomic E-state index is 0.586. The molecule has 3 nitrogen and oxygen atoms in total. The first-order chi connectivity index (χ1) is 7.84. The molecule has 1 aromatic carbocycles. The Kier molecular flexibility index (Phi) is 2.22. The van der Waals surface area contributed by atoms with Crippen molar-refractivity contribution in [2.45, 2.75) is 0 Å². The summed E-state index contributed by atoms with van der Waals surface area (Å²) in [6.45, 7) is 0. The van der Waals surface area contributed by atoms with Gasteiger partial charge in [-0.2, -0.15) is 0 Å². The van der Waals surface area contributed by atoms with Crippen LogP contribution in [-0.2, 0) is 0 Å². The first kappa shape index (κ1) is 9.54. The van der Waals surface area contributed by atoms with Crippen molar-refractivity contribution in [1.82, 2.24) is 9.97 Å². The van der Waals surface area contributed by atoms with Gasteiger partial charge >= 0.3 is 0 Å². The Balaban J connectivity index is 2.39. The molecule has 4 heteroatoms. The molecule has 0 fully saturated rings. The number of halogens is 1. The maximum atomic E-state index is 5.08. The van der Waals surface area contributed by atoms with E-state index in [2.05, 4.69) is 25.9 Å². The summed E-state index contributed by atoms with van der Waals surface area (Å²) in [7, 11) is 0. The van der Waals surface area contributed by atoms with E-state index in [9.17, 15) is 0 Å². The summed E-state index contributed by atoms with van der Waals surface area (Å²) in [5.74, 6) is 0. The fourth-order valence-electron chi connectivity index (χ4n) is 1.67. The van der Waals surface area contributed by atoms with E-state index in [1.165, 1.54) is 0 Å². The van der Waals surface area contributed by atoms with E-state index in [1.54, 1.807) is 12.5 Å². The van der Waals surface area contributed by atoms with Crippen molar-refractivity contribution in [1.29, 1.82) is 0 Å². The molecule has 0 aliphatic carbocycles. The zero-order chi connectivity index (χ0) is 11.0. The lowest BCUT2D eigenvalue weighted by molar-refractivity contribution is 0.568. The highest BCUT2D eigenvalue weighted by molar-refractivity contribution is 9.10. The number of furan rings is 1. The fourth-order valence-corrected chi connectivity index (χ4v) is 2.04. The highest BCUT2D eigenvalue weighted by atomic mass is 79.9. The molecule has 0 saturated carbocycles. The zero-order valence-corrected chi connectivity index (χ0v) is 9.81. The lowest BCUT2D eigenvalue weighted by Crippen LogP contribution is -1.89. The molecule has 2 heterocycles. The van der Waals surface area contributed by atoms with Crippen molar-refractivity contribution < 1.29 is 4.42 Å². The molecular weight excluding hydrogens is 268 g/mol. The van der Waals surface area contributed by atoms with Crippen molar-refractivity contribution in [3.05, 3.63) is 47.6 Å². The molecule has 0 amide bonds. The first-order valence-corrected chi connectivity index (χ1v) is 5.59. The molecule has 0 spiro atoms. The highest BCUT2D eigenvalue weighted by Gasteiger charge is 2.08. The Morgan fingerprint density at radius 1 is 1.06 bits per heavy atom. The average Bonchev–Trinajstić information content (AvgIpc) is 2.81. The molecule has 0 N–H and O–H groups in total. The minimum Gasteiger partial charge on any atom is -0.472 e. The number of rotatable bonds is 1. The number of hydrogen-bond donors (Lipinski definition) is 0. The Labute approximate surface area is 100 Å². The number of aromatic nitrogens is 2. The summed E-state index contributed by atoms with van der Waals surface area (Å²) in [5.41, 5.74) is 2.76. The molecule has 0 atom stereocenters. The predicted octanol–water partition coefficient (Wildman–Crippen LogP) is 3.65. The second-order valence-electron chi connectivity index (χ2n) is 3.37. The van der Waals surface area contributed by atoms with E-state index in [-0.39, 0.29) is 0 Å². The van der Waals surface area contributed by atoms with Crippen LogP contribution in [0.5, 0.6) is 0 Å². The Hall–Kier alpha value is -1.68. The van der Waals surface area contributed by atoms with E-state index >= 15 is 0 Å². The predicted molar refractivity (Wildman–Crippen MR) is 64.9 cm³/mol. The van der Waals surface area contributed by atoms with Gasteiger partial charge in [0, 0.05) is 10.9 Å². The van der Waals surface area contributed by atoms with Gasteiger partial charge < -0.3 is 4.42 Å². The standard InChI is InChI=1S/C12H7BrN2O/c13-12-14-10-4-2-1-3-9(10)11(15-12)8-5-6-16-7-8/h1-7H. The lowest BCUT2D eigenvalue weighted by Gasteiger charge is -2.03. The summed E-state index contributed by atoms with van der Waals surface area (Å²) in [5, 5.41) is 1.02. The number of fused-ring (bicyclic) bond motifs is 1. The summed E-state index contributed by atoms with van der Waals surface area (Å²) in [6, 6.07) is 9.79. The second-order valence-corrected chi connectivity index (χ2v) is 4.08. The Bertz CT molecular complexity index is 635. The van der Waals surface area contributed by atoms with Crippen molar-refractivity contribution in [2.75, 3.05) is 0 Å². The molecule has 16 heavy (non-hydrogen) atoms. The van der Waals surface area contributed by atoms with E-state index in [1.807, 2.05) is 30.3 Å². The van der Waals surface area contributed by atoms with Crippen LogP contribution < -0.4 is 0 Å². The van der Waals surface area contributed by atoms with Crippen LogP contribution in [0.2, 0.25) is 0 Å². The van der Waals surface area contributed by atoms with Gasteiger partial charge in [0.15, 0.2) is 4.73 Å². The molecule has 3 rings (SSSR count). The third-order valence-electron chi connectivity index (χ3n) is 2.37. The number of hydrogen-bond acceptors (Lipinski definition) is 3. The molecule has 78 valence electrons. The Morgan fingerprint density at radius 3 is 2.75 bits per heavy atom. The van der Waals surface area contributed by atoms with Gasteiger partial charge in [-0.3, -0.25) is 0 Å². The molecule has 2 aromatic heterocycles. The number of benzene rings is 1. The Morgan fingerprint density at radius 2 is 1.94 bits per heavy atom. The van der Waals surface area contributed by atoms with E-state index in [0.717, 1.165) is 22.2 Å². The molecule has 0 aliphatic rings. The molecular formula is C12H7BrN2O. The van der Waals surface area contributed by atoms with Crippen molar-refractivity contribution in [2.24, 2.45) is 0 Å². The monoisotopic (exact) mass is 274 g/mol. The number of para-hydroxylation sites is 1. The van der Waals surface area contributed by atoms with Crippen LogP contribution in [0.4, 0.5) is 0 Å². The van der Waals surface area contributed by atoms with Crippen LogP contribution in [0.3, 0.4) is 0 Å². The smallest absolute Gasteiger partial charge is 0.197 e. The second kappa shape index (κ2) is 3.72. The molecule has 0 saturated heterocycles. The molecule has 0 unspecified atom stereocenters. The number of nitrogens with zero attached hydrogens (tertiary/aromatic N) is 2.